The fraction of sp³-hybridized carbons (Fsp3) is 0.233. The topological polar surface area (TPSA) is 113 Å². The molecule has 10 nitrogen and oxygen atoms in total. The number of nitrogens with one attached hydrogen (secondary N) is 1. The summed E-state index contributed by atoms with van der Waals surface area (Å²) >= 11 is 1.11. The maximum atomic E-state index is 15.1. The van der Waals surface area contributed by atoms with Gasteiger partial charge < -0.3 is 19.5 Å². The van der Waals surface area contributed by atoms with Gasteiger partial charge in [0.15, 0.2) is 5.17 Å². The van der Waals surface area contributed by atoms with Crippen molar-refractivity contribution in [3.63, 3.8) is 0 Å². The monoisotopic (exact) mass is 642 g/mol. The van der Waals surface area contributed by atoms with Crippen LogP contribution in [0.15, 0.2) is 70.2 Å². The molecule has 2 heterocycles. The van der Waals surface area contributed by atoms with Crippen molar-refractivity contribution in [3.05, 3.63) is 72.0 Å². The van der Waals surface area contributed by atoms with Gasteiger partial charge in [-0.2, -0.15) is 9.98 Å². The Morgan fingerprint density at radius 3 is 2.44 bits per heavy atom. The number of thioether (sulfide) groups is 1. The molecular formula is C30H26F4N6O4S. The van der Waals surface area contributed by atoms with Crippen LogP contribution in [0.25, 0.3) is 22.8 Å². The predicted octanol–water partition coefficient (Wildman–Crippen LogP) is 7.30. The van der Waals surface area contributed by atoms with E-state index in [-0.39, 0.29) is 45.7 Å². The standard InChI is InChI=1S/C30H26F4N6O4S/c1-16(2)21-11-8-19(39(3)4)14-24(21)40-25(41)15-45-29(40)37-28(42)35-23-12-7-18(13-22(23)31)27-36-26(38-44-27)17-5-9-20(10-6-17)43-30(32,33)34/h5-14,16H,15H2,1-4H3,(H,35,42)/b37-29-. The van der Waals surface area contributed by atoms with Crippen molar-refractivity contribution >= 4 is 45.9 Å². The fourth-order valence-corrected chi connectivity index (χ4v) is 5.28. The van der Waals surface area contributed by atoms with Gasteiger partial charge >= 0.3 is 12.4 Å². The maximum absolute atomic E-state index is 15.1. The van der Waals surface area contributed by atoms with Crippen molar-refractivity contribution < 1.29 is 36.4 Å². The van der Waals surface area contributed by atoms with E-state index in [1.807, 2.05) is 51.0 Å². The first-order valence-electron chi connectivity index (χ1n) is 13.5. The number of amides is 3. The molecule has 45 heavy (non-hydrogen) atoms. The first kappa shape index (κ1) is 31.5. The molecule has 1 saturated heterocycles. The predicted molar refractivity (Wildman–Crippen MR) is 163 cm³/mol. The van der Waals surface area contributed by atoms with E-state index in [0.717, 1.165) is 41.2 Å². The van der Waals surface area contributed by atoms with Gasteiger partial charge in [0.2, 0.25) is 11.7 Å². The second-order valence-electron chi connectivity index (χ2n) is 10.3. The van der Waals surface area contributed by atoms with Crippen LogP contribution in [0.2, 0.25) is 0 Å². The number of halogens is 4. The summed E-state index contributed by atoms with van der Waals surface area (Å²) in [5, 5.41) is 6.37. The second kappa shape index (κ2) is 12.6. The highest BCUT2D eigenvalue weighted by Gasteiger charge is 2.33. The third-order valence-corrected chi connectivity index (χ3v) is 7.51. The molecule has 0 spiro atoms. The number of amidine groups is 1. The summed E-state index contributed by atoms with van der Waals surface area (Å²) in [4.78, 5) is 37.4. The van der Waals surface area contributed by atoms with Crippen molar-refractivity contribution in [2.45, 2.75) is 26.1 Å². The molecule has 0 atom stereocenters. The lowest BCUT2D eigenvalue weighted by Crippen LogP contribution is -2.31. The summed E-state index contributed by atoms with van der Waals surface area (Å²) in [6.45, 7) is 4.00. The van der Waals surface area contributed by atoms with Gasteiger partial charge in [-0.1, -0.05) is 36.8 Å². The Bertz CT molecular complexity index is 1770. The van der Waals surface area contributed by atoms with Crippen LogP contribution in [0.1, 0.15) is 25.3 Å². The molecule has 1 fully saturated rings. The molecule has 1 N–H and O–H groups in total. The highest BCUT2D eigenvalue weighted by atomic mass is 32.2. The first-order valence-corrected chi connectivity index (χ1v) is 14.4. The van der Waals surface area contributed by atoms with E-state index in [4.69, 9.17) is 4.52 Å². The van der Waals surface area contributed by atoms with Crippen molar-refractivity contribution in [2.75, 3.05) is 35.0 Å². The van der Waals surface area contributed by atoms with Gasteiger partial charge in [-0.05, 0) is 66.1 Å². The highest BCUT2D eigenvalue weighted by Crippen LogP contribution is 2.36. The largest absolute Gasteiger partial charge is 0.573 e. The molecule has 0 saturated carbocycles. The lowest BCUT2D eigenvalue weighted by molar-refractivity contribution is -0.274. The van der Waals surface area contributed by atoms with Crippen LogP contribution in [0, 0.1) is 5.82 Å². The Kier molecular flexibility index (Phi) is 8.82. The molecule has 15 heteroatoms. The molecule has 0 aliphatic carbocycles. The van der Waals surface area contributed by atoms with E-state index in [1.165, 1.54) is 29.2 Å². The summed E-state index contributed by atoms with van der Waals surface area (Å²) in [6.07, 6.45) is -4.83. The zero-order valence-corrected chi connectivity index (χ0v) is 25.2. The maximum Gasteiger partial charge on any atom is 0.573 e. The lowest BCUT2D eigenvalue weighted by atomic mass is 9.99. The molecule has 0 unspecified atom stereocenters. The van der Waals surface area contributed by atoms with E-state index in [9.17, 15) is 22.8 Å². The van der Waals surface area contributed by atoms with E-state index in [0.29, 0.717) is 11.3 Å². The minimum atomic E-state index is -4.83. The van der Waals surface area contributed by atoms with E-state index >= 15 is 4.39 Å². The number of alkyl halides is 3. The summed E-state index contributed by atoms with van der Waals surface area (Å²) < 4.78 is 61.3. The number of aromatic nitrogens is 2. The van der Waals surface area contributed by atoms with Crippen molar-refractivity contribution in [2.24, 2.45) is 4.99 Å². The van der Waals surface area contributed by atoms with Crippen LogP contribution >= 0.6 is 11.8 Å². The molecule has 0 radical (unpaired) electrons. The van der Waals surface area contributed by atoms with Crippen LogP contribution in [-0.4, -0.2) is 53.5 Å². The number of ether oxygens (including phenoxy) is 1. The molecule has 0 bridgehead atoms. The summed E-state index contributed by atoms with van der Waals surface area (Å²) in [5.41, 5.74) is 2.76. The SMILES string of the molecule is CC(C)c1ccc(N(C)C)cc1N1C(=O)CS/C1=N\C(=O)Nc1ccc(-c2nc(-c3ccc(OC(F)(F)F)cc3)no2)cc1F. The van der Waals surface area contributed by atoms with Gasteiger partial charge in [0.25, 0.3) is 5.89 Å². The Morgan fingerprint density at radius 1 is 1.09 bits per heavy atom. The lowest BCUT2D eigenvalue weighted by Gasteiger charge is -2.24. The number of carbonyl (C=O) groups is 2. The van der Waals surface area contributed by atoms with Gasteiger partial charge in [-0.15, -0.1) is 13.2 Å². The molecule has 234 valence electrons. The Balaban J connectivity index is 1.32. The van der Waals surface area contributed by atoms with Crippen molar-refractivity contribution in [1.82, 2.24) is 10.1 Å². The van der Waals surface area contributed by atoms with E-state index in [1.54, 1.807) is 0 Å². The van der Waals surface area contributed by atoms with E-state index in [2.05, 4.69) is 25.2 Å². The van der Waals surface area contributed by atoms with Gasteiger partial charge in [0.1, 0.15) is 11.6 Å². The van der Waals surface area contributed by atoms with Crippen molar-refractivity contribution in [1.29, 1.82) is 0 Å². The third-order valence-electron chi connectivity index (χ3n) is 6.59. The van der Waals surface area contributed by atoms with Crippen LogP contribution in [0.3, 0.4) is 0 Å². The Labute approximate surface area is 259 Å². The summed E-state index contributed by atoms with van der Waals surface area (Å²) in [5.74, 6) is -1.28. The number of aliphatic imine (C=N–C) groups is 1. The highest BCUT2D eigenvalue weighted by molar-refractivity contribution is 8.15. The number of benzene rings is 3. The van der Waals surface area contributed by atoms with Gasteiger partial charge in [-0.25, -0.2) is 9.18 Å². The normalized spacial score (nSPS) is 14.4. The third kappa shape index (κ3) is 7.25. The average molecular weight is 643 g/mol. The van der Waals surface area contributed by atoms with Crippen LogP contribution in [-0.2, 0) is 4.79 Å². The molecular weight excluding hydrogens is 616 g/mol. The van der Waals surface area contributed by atoms with Gasteiger partial charge in [-0.3, -0.25) is 9.69 Å². The van der Waals surface area contributed by atoms with E-state index < -0.39 is 24.0 Å². The second-order valence-corrected chi connectivity index (χ2v) is 11.3. The Morgan fingerprint density at radius 2 is 1.80 bits per heavy atom. The molecule has 5 rings (SSSR count). The molecule has 1 aliphatic rings. The zero-order chi connectivity index (χ0) is 32.5. The van der Waals surface area contributed by atoms with Crippen LogP contribution < -0.4 is 19.9 Å². The quantitative estimate of drug-likeness (QED) is 0.209. The molecule has 3 amide bonds. The fourth-order valence-electron chi connectivity index (χ4n) is 4.42. The smallest absolute Gasteiger partial charge is 0.406 e. The van der Waals surface area contributed by atoms with Gasteiger partial charge in [0, 0.05) is 30.9 Å². The Hall–Kier alpha value is -4.92. The summed E-state index contributed by atoms with van der Waals surface area (Å²) in [6, 6.07) is 13.5. The number of hydrogen-bond acceptors (Lipinski definition) is 8. The average Bonchev–Trinajstić information content (AvgIpc) is 3.60. The van der Waals surface area contributed by atoms with Gasteiger partial charge in [0.05, 0.1) is 17.1 Å². The minimum Gasteiger partial charge on any atom is -0.406 e. The molecule has 3 aromatic carbocycles. The summed E-state index contributed by atoms with van der Waals surface area (Å²) in [7, 11) is 3.76. The molecule has 1 aliphatic heterocycles. The number of nitrogens with zero attached hydrogens (tertiary/aromatic N) is 5. The molecule has 4 aromatic rings. The number of urea groups is 1. The van der Waals surface area contributed by atoms with Crippen molar-refractivity contribution in [3.8, 4) is 28.6 Å². The van der Waals surface area contributed by atoms with Crippen LogP contribution in [0.5, 0.6) is 5.75 Å². The zero-order valence-electron chi connectivity index (χ0n) is 24.3. The first-order chi connectivity index (χ1) is 21.3. The number of anilines is 3. The minimum absolute atomic E-state index is 0.0575. The number of carbonyl (C=O) groups excluding carboxylic acids is 2. The molecule has 1 aromatic heterocycles. The van der Waals surface area contributed by atoms with Crippen LogP contribution in [0.4, 0.5) is 39.4 Å². The number of hydrogen-bond donors (Lipinski definition) is 1. The number of rotatable bonds is 7.